The summed E-state index contributed by atoms with van der Waals surface area (Å²) in [4.78, 5) is 24.5. The van der Waals surface area contributed by atoms with Crippen molar-refractivity contribution >= 4 is 39.1 Å². The molecule has 0 unspecified atom stereocenters. The number of hydrogen-bond donors (Lipinski definition) is 2. The molecule has 0 fully saturated rings. The molecule has 0 atom stereocenters. The van der Waals surface area contributed by atoms with Gasteiger partial charge in [0.25, 0.3) is 5.91 Å². The van der Waals surface area contributed by atoms with E-state index in [1.807, 2.05) is 23.6 Å². The first-order chi connectivity index (χ1) is 9.65. The molecule has 0 saturated carbocycles. The summed E-state index contributed by atoms with van der Waals surface area (Å²) in [5, 5.41) is 7.29. The Kier molecular flexibility index (Phi) is 5.31. The third-order valence-electron chi connectivity index (χ3n) is 2.54. The first-order valence-corrected chi connectivity index (χ1v) is 7.65. The van der Waals surface area contributed by atoms with E-state index in [0.29, 0.717) is 12.1 Å². The van der Waals surface area contributed by atoms with E-state index in [1.165, 1.54) is 0 Å². The Morgan fingerprint density at radius 2 is 2.00 bits per heavy atom. The largest absolute Gasteiger partial charge is 0.350 e. The molecule has 20 heavy (non-hydrogen) atoms. The lowest BCUT2D eigenvalue weighted by Crippen LogP contribution is -2.36. The van der Waals surface area contributed by atoms with Gasteiger partial charge >= 0.3 is 0 Å². The van der Waals surface area contributed by atoms with Crippen LogP contribution in [0, 0.1) is 0 Å². The van der Waals surface area contributed by atoms with Crippen LogP contribution in [0.5, 0.6) is 0 Å². The summed E-state index contributed by atoms with van der Waals surface area (Å²) < 4.78 is 0.826. The molecular weight excluding hydrogens is 340 g/mol. The maximum Gasteiger partial charge on any atom is 0.251 e. The standard InChI is InChI=1S/C14H13BrN2O2S/c15-11-4-1-3-10(7-11)14(19)17-9-13(18)16-8-12-5-2-6-20-12/h1-7H,8-9H2,(H,16,18)(H,17,19). The predicted molar refractivity (Wildman–Crippen MR) is 82.6 cm³/mol. The minimum Gasteiger partial charge on any atom is -0.350 e. The minimum atomic E-state index is -0.266. The van der Waals surface area contributed by atoms with Crippen LogP contribution in [0.2, 0.25) is 0 Å². The summed E-state index contributed by atoms with van der Waals surface area (Å²) in [6.07, 6.45) is 0. The van der Waals surface area contributed by atoms with E-state index in [1.54, 1.807) is 29.5 Å². The molecule has 4 nitrogen and oxygen atoms in total. The molecule has 1 aromatic heterocycles. The Hall–Kier alpha value is -1.66. The summed E-state index contributed by atoms with van der Waals surface area (Å²) in [6.45, 7) is 0.458. The Labute approximate surface area is 129 Å². The highest BCUT2D eigenvalue weighted by Crippen LogP contribution is 2.11. The molecule has 0 bridgehead atoms. The van der Waals surface area contributed by atoms with Gasteiger partial charge in [0.1, 0.15) is 0 Å². The number of nitrogens with one attached hydrogen (secondary N) is 2. The lowest BCUT2D eigenvalue weighted by molar-refractivity contribution is -0.120. The fourth-order valence-electron chi connectivity index (χ4n) is 1.55. The van der Waals surface area contributed by atoms with E-state index in [9.17, 15) is 9.59 Å². The number of carbonyl (C=O) groups is 2. The SMILES string of the molecule is O=C(CNC(=O)c1cccc(Br)c1)NCc1cccs1. The molecule has 2 aromatic rings. The maximum absolute atomic E-state index is 11.8. The molecule has 0 saturated heterocycles. The topological polar surface area (TPSA) is 58.2 Å². The van der Waals surface area contributed by atoms with E-state index >= 15 is 0 Å². The number of hydrogen-bond acceptors (Lipinski definition) is 3. The third kappa shape index (κ3) is 4.47. The number of thiophene rings is 1. The highest BCUT2D eigenvalue weighted by molar-refractivity contribution is 9.10. The van der Waals surface area contributed by atoms with Crippen LogP contribution < -0.4 is 10.6 Å². The highest BCUT2D eigenvalue weighted by Gasteiger charge is 2.08. The lowest BCUT2D eigenvalue weighted by atomic mass is 10.2. The van der Waals surface area contributed by atoms with Gasteiger partial charge in [-0.3, -0.25) is 9.59 Å². The average Bonchev–Trinajstić information content (AvgIpc) is 2.95. The van der Waals surface area contributed by atoms with E-state index < -0.39 is 0 Å². The summed E-state index contributed by atoms with van der Waals surface area (Å²) >= 11 is 4.88. The van der Waals surface area contributed by atoms with Crippen molar-refractivity contribution in [3.8, 4) is 0 Å². The van der Waals surface area contributed by atoms with Crippen molar-refractivity contribution in [3.05, 3.63) is 56.7 Å². The zero-order valence-corrected chi connectivity index (χ0v) is 13.0. The van der Waals surface area contributed by atoms with Gasteiger partial charge in [0.2, 0.25) is 5.91 Å². The molecule has 0 aliphatic heterocycles. The zero-order chi connectivity index (χ0) is 14.4. The summed E-state index contributed by atoms with van der Waals surface area (Å²) in [7, 11) is 0. The number of rotatable bonds is 5. The van der Waals surface area contributed by atoms with Crippen LogP contribution in [0.25, 0.3) is 0 Å². The molecule has 2 rings (SSSR count). The van der Waals surface area contributed by atoms with Gasteiger partial charge in [0.15, 0.2) is 0 Å². The number of carbonyl (C=O) groups excluding carboxylic acids is 2. The molecule has 6 heteroatoms. The van der Waals surface area contributed by atoms with Crippen LogP contribution >= 0.6 is 27.3 Å². The third-order valence-corrected chi connectivity index (χ3v) is 3.91. The number of amides is 2. The second-order valence-electron chi connectivity index (χ2n) is 4.05. The Bertz CT molecular complexity index is 599. The van der Waals surface area contributed by atoms with Crippen molar-refractivity contribution in [3.63, 3.8) is 0 Å². The molecule has 104 valence electrons. The monoisotopic (exact) mass is 352 g/mol. The number of benzene rings is 1. The maximum atomic E-state index is 11.8. The van der Waals surface area contributed by atoms with Gasteiger partial charge in [-0.25, -0.2) is 0 Å². The molecular formula is C14H13BrN2O2S. The quantitative estimate of drug-likeness (QED) is 0.868. The molecule has 0 aliphatic rings. The summed E-state index contributed by atoms with van der Waals surface area (Å²) in [6, 6.07) is 10.9. The molecule has 2 N–H and O–H groups in total. The molecule has 1 heterocycles. The van der Waals surface area contributed by atoms with Crippen molar-refractivity contribution in [1.82, 2.24) is 10.6 Å². The Morgan fingerprint density at radius 1 is 1.15 bits per heavy atom. The Morgan fingerprint density at radius 3 is 2.70 bits per heavy atom. The molecule has 0 aliphatic carbocycles. The normalized spacial score (nSPS) is 10.1. The fraction of sp³-hybridized carbons (Fsp3) is 0.143. The molecule has 1 aromatic carbocycles. The lowest BCUT2D eigenvalue weighted by Gasteiger charge is -2.06. The van der Waals surface area contributed by atoms with Gasteiger partial charge in [-0.15, -0.1) is 11.3 Å². The summed E-state index contributed by atoms with van der Waals surface area (Å²) in [5.41, 5.74) is 0.519. The van der Waals surface area contributed by atoms with E-state index in [0.717, 1.165) is 9.35 Å². The average molecular weight is 353 g/mol. The van der Waals surface area contributed by atoms with Crippen LogP contribution in [0.1, 0.15) is 15.2 Å². The van der Waals surface area contributed by atoms with Gasteiger partial charge in [-0.1, -0.05) is 28.1 Å². The van der Waals surface area contributed by atoms with Crippen molar-refractivity contribution in [2.45, 2.75) is 6.54 Å². The smallest absolute Gasteiger partial charge is 0.251 e. The van der Waals surface area contributed by atoms with Crippen LogP contribution in [0.4, 0.5) is 0 Å². The summed E-state index contributed by atoms with van der Waals surface area (Å²) in [5.74, 6) is -0.473. The Balaban J connectivity index is 1.77. The second kappa shape index (κ2) is 7.21. The van der Waals surface area contributed by atoms with Crippen molar-refractivity contribution in [2.24, 2.45) is 0 Å². The van der Waals surface area contributed by atoms with Crippen LogP contribution in [0.3, 0.4) is 0 Å². The van der Waals surface area contributed by atoms with Gasteiger partial charge in [0, 0.05) is 14.9 Å². The van der Waals surface area contributed by atoms with Gasteiger partial charge in [0.05, 0.1) is 13.1 Å². The van der Waals surface area contributed by atoms with Crippen molar-refractivity contribution in [2.75, 3.05) is 6.54 Å². The van der Waals surface area contributed by atoms with Crippen LogP contribution in [-0.4, -0.2) is 18.4 Å². The van der Waals surface area contributed by atoms with Crippen LogP contribution in [0.15, 0.2) is 46.3 Å². The van der Waals surface area contributed by atoms with Gasteiger partial charge in [-0.2, -0.15) is 0 Å². The van der Waals surface area contributed by atoms with Gasteiger partial charge < -0.3 is 10.6 Å². The van der Waals surface area contributed by atoms with Gasteiger partial charge in [-0.05, 0) is 29.6 Å². The highest BCUT2D eigenvalue weighted by atomic mass is 79.9. The van der Waals surface area contributed by atoms with Crippen molar-refractivity contribution in [1.29, 1.82) is 0 Å². The zero-order valence-electron chi connectivity index (χ0n) is 10.6. The number of halogens is 1. The molecule has 0 radical (unpaired) electrons. The molecule has 2 amide bonds. The fourth-order valence-corrected chi connectivity index (χ4v) is 2.60. The minimum absolute atomic E-state index is 0.0310. The van der Waals surface area contributed by atoms with E-state index in [4.69, 9.17) is 0 Å². The van der Waals surface area contributed by atoms with Crippen molar-refractivity contribution < 1.29 is 9.59 Å². The van der Waals surface area contributed by atoms with Crippen LogP contribution in [-0.2, 0) is 11.3 Å². The van der Waals surface area contributed by atoms with E-state index in [2.05, 4.69) is 26.6 Å². The predicted octanol–water partition coefficient (Wildman–Crippen LogP) is 2.56. The second-order valence-corrected chi connectivity index (χ2v) is 6.00. The first-order valence-electron chi connectivity index (χ1n) is 5.98. The first kappa shape index (κ1) is 14.7. The van der Waals surface area contributed by atoms with E-state index in [-0.39, 0.29) is 18.4 Å². The molecule has 0 spiro atoms.